The third-order valence-electron chi connectivity index (χ3n) is 2.92. The summed E-state index contributed by atoms with van der Waals surface area (Å²) in [6.45, 7) is 4.16. The Morgan fingerprint density at radius 2 is 2.11 bits per heavy atom. The van der Waals surface area contributed by atoms with E-state index in [0.29, 0.717) is 25.3 Å². The molecule has 2 rings (SSSR count). The molecule has 1 aliphatic rings. The van der Waals surface area contributed by atoms with Gasteiger partial charge in [-0.3, -0.25) is 4.79 Å². The normalized spacial score (nSPS) is 16.8. The topological polar surface area (TPSA) is 64.5 Å². The van der Waals surface area contributed by atoms with E-state index in [2.05, 4.69) is 16.9 Å². The molecule has 0 saturated carbocycles. The molecule has 2 heterocycles. The number of hydrogen-bond acceptors (Lipinski definition) is 5. The molecule has 1 aliphatic heterocycles. The van der Waals surface area contributed by atoms with Gasteiger partial charge in [-0.2, -0.15) is 0 Å². The Balaban J connectivity index is 2.00. The van der Waals surface area contributed by atoms with Crippen molar-refractivity contribution in [3.63, 3.8) is 0 Å². The first kappa shape index (κ1) is 12.8. The number of ether oxygens (including phenoxy) is 2. The summed E-state index contributed by atoms with van der Waals surface area (Å²) in [6.07, 6.45) is 2.95. The largest absolute Gasteiger partial charge is 0.467 e. The molecular formula is C12H17N3O3. The lowest BCUT2D eigenvalue weighted by atomic mass is 9.88. The van der Waals surface area contributed by atoms with Crippen LogP contribution in [0.15, 0.2) is 12.4 Å². The van der Waals surface area contributed by atoms with Gasteiger partial charge >= 0.3 is 6.01 Å². The summed E-state index contributed by atoms with van der Waals surface area (Å²) in [6, 6.07) is 0.258. The molecule has 98 valence electrons. The minimum absolute atomic E-state index is 0.0672. The number of carbonyl (C=O) groups is 1. The number of rotatable bonds is 4. The number of hydrogen-bond donors (Lipinski definition) is 0. The molecule has 6 heteroatoms. The number of carbonyl (C=O) groups excluding carboxylic acids is 1. The lowest BCUT2D eigenvalue weighted by Crippen LogP contribution is -2.49. The highest BCUT2D eigenvalue weighted by molar-refractivity contribution is 5.93. The SMILES string of the molecule is COc1ncc(C(=O)N(C)CC2(C)COC2)cn1. The van der Waals surface area contributed by atoms with Gasteiger partial charge in [-0.1, -0.05) is 6.92 Å². The third-order valence-corrected chi connectivity index (χ3v) is 2.92. The van der Waals surface area contributed by atoms with Crippen LogP contribution in [0.3, 0.4) is 0 Å². The first-order valence-electron chi connectivity index (χ1n) is 5.73. The Labute approximate surface area is 106 Å². The molecule has 0 N–H and O–H groups in total. The molecule has 0 aromatic carbocycles. The van der Waals surface area contributed by atoms with Crippen molar-refractivity contribution in [1.29, 1.82) is 0 Å². The summed E-state index contributed by atoms with van der Waals surface area (Å²) in [7, 11) is 3.26. The molecule has 0 radical (unpaired) electrons. The molecule has 1 fully saturated rings. The Morgan fingerprint density at radius 3 is 2.56 bits per heavy atom. The van der Waals surface area contributed by atoms with E-state index >= 15 is 0 Å². The first-order valence-corrected chi connectivity index (χ1v) is 5.73. The molecule has 0 aliphatic carbocycles. The molecule has 0 bridgehead atoms. The quantitative estimate of drug-likeness (QED) is 0.783. The zero-order valence-corrected chi connectivity index (χ0v) is 10.8. The van der Waals surface area contributed by atoms with Gasteiger partial charge in [0.1, 0.15) is 0 Å². The maximum absolute atomic E-state index is 12.1. The maximum Gasteiger partial charge on any atom is 0.316 e. The van der Waals surface area contributed by atoms with E-state index in [1.807, 2.05) is 0 Å². The van der Waals surface area contributed by atoms with Crippen LogP contribution in [0.5, 0.6) is 6.01 Å². The first-order chi connectivity index (χ1) is 8.54. The maximum atomic E-state index is 12.1. The van der Waals surface area contributed by atoms with Crippen LogP contribution in [0.4, 0.5) is 0 Å². The second kappa shape index (κ2) is 4.89. The Bertz CT molecular complexity index is 429. The van der Waals surface area contributed by atoms with E-state index in [9.17, 15) is 4.79 Å². The molecule has 6 nitrogen and oxygen atoms in total. The van der Waals surface area contributed by atoms with Gasteiger partial charge in [0, 0.05) is 31.4 Å². The monoisotopic (exact) mass is 251 g/mol. The Morgan fingerprint density at radius 1 is 1.50 bits per heavy atom. The van der Waals surface area contributed by atoms with Crippen molar-refractivity contribution in [2.24, 2.45) is 5.41 Å². The Kier molecular flexibility index (Phi) is 3.47. The van der Waals surface area contributed by atoms with Crippen LogP contribution in [-0.2, 0) is 4.74 Å². The minimum atomic E-state index is -0.0919. The van der Waals surface area contributed by atoms with Crippen molar-refractivity contribution in [2.45, 2.75) is 6.92 Å². The van der Waals surface area contributed by atoms with E-state index in [1.165, 1.54) is 19.5 Å². The second-order valence-corrected chi connectivity index (χ2v) is 4.92. The Hall–Kier alpha value is -1.69. The summed E-state index contributed by atoms with van der Waals surface area (Å²) in [5.41, 5.74) is 0.528. The standard InChI is InChI=1S/C12H17N3O3/c1-12(7-18-8-12)6-15(2)10(16)9-4-13-11(17-3)14-5-9/h4-5H,6-8H2,1-3H3. The van der Waals surface area contributed by atoms with E-state index in [-0.39, 0.29) is 17.3 Å². The molecule has 0 unspecified atom stereocenters. The lowest BCUT2D eigenvalue weighted by molar-refractivity contribution is -0.109. The number of methoxy groups -OCH3 is 1. The molecule has 1 amide bonds. The van der Waals surface area contributed by atoms with E-state index in [4.69, 9.17) is 9.47 Å². The van der Waals surface area contributed by atoms with Crippen LogP contribution < -0.4 is 4.74 Å². The highest BCUT2D eigenvalue weighted by Crippen LogP contribution is 2.27. The van der Waals surface area contributed by atoms with Crippen LogP contribution in [-0.4, -0.2) is 54.7 Å². The predicted octanol–water partition coefficient (Wildman–Crippen LogP) is 0.594. The van der Waals surface area contributed by atoms with E-state index in [0.717, 1.165) is 0 Å². The number of aromatic nitrogens is 2. The van der Waals surface area contributed by atoms with Crippen LogP contribution in [0.25, 0.3) is 0 Å². The van der Waals surface area contributed by atoms with Gasteiger partial charge in [0.2, 0.25) is 0 Å². The van der Waals surface area contributed by atoms with Crippen molar-refractivity contribution in [3.8, 4) is 6.01 Å². The van der Waals surface area contributed by atoms with Crippen LogP contribution in [0.2, 0.25) is 0 Å². The smallest absolute Gasteiger partial charge is 0.316 e. The van der Waals surface area contributed by atoms with Crippen molar-refractivity contribution in [3.05, 3.63) is 18.0 Å². The molecule has 0 spiro atoms. The van der Waals surface area contributed by atoms with Gasteiger partial charge in [0.25, 0.3) is 5.91 Å². The molecule has 1 aromatic rings. The fraction of sp³-hybridized carbons (Fsp3) is 0.583. The lowest BCUT2D eigenvalue weighted by Gasteiger charge is -2.40. The number of nitrogens with zero attached hydrogens (tertiary/aromatic N) is 3. The molecule has 1 saturated heterocycles. The fourth-order valence-electron chi connectivity index (χ4n) is 1.94. The van der Waals surface area contributed by atoms with Crippen molar-refractivity contribution < 1.29 is 14.3 Å². The van der Waals surface area contributed by atoms with Gasteiger partial charge in [-0.05, 0) is 0 Å². The average Bonchev–Trinajstić information content (AvgIpc) is 2.36. The van der Waals surface area contributed by atoms with E-state index < -0.39 is 0 Å². The molecule has 0 atom stereocenters. The van der Waals surface area contributed by atoms with Crippen molar-refractivity contribution in [2.75, 3.05) is 33.9 Å². The van der Waals surface area contributed by atoms with Gasteiger partial charge in [-0.25, -0.2) is 9.97 Å². The van der Waals surface area contributed by atoms with Crippen LogP contribution in [0, 0.1) is 5.41 Å². The second-order valence-electron chi connectivity index (χ2n) is 4.92. The molecule has 18 heavy (non-hydrogen) atoms. The van der Waals surface area contributed by atoms with Crippen molar-refractivity contribution >= 4 is 5.91 Å². The summed E-state index contributed by atoms with van der Waals surface area (Å²) in [5.74, 6) is -0.0919. The van der Waals surface area contributed by atoms with Crippen LogP contribution in [0.1, 0.15) is 17.3 Å². The minimum Gasteiger partial charge on any atom is -0.467 e. The zero-order valence-electron chi connectivity index (χ0n) is 10.8. The third kappa shape index (κ3) is 2.59. The molecule has 1 aromatic heterocycles. The zero-order chi connectivity index (χ0) is 13.2. The van der Waals surface area contributed by atoms with Gasteiger partial charge in [-0.15, -0.1) is 0 Å². The van der Waals surface area contributed by atoms with Crippen molar-refractivity contribution in [1.82, 2.24) is 14.9 Å². The average molecular weight is 251 g/mol. The predicted molar refractivity (Wildman–Crippen MR) is 64.5 cm³/mol. The van der Waals surface area contributed by atoms with Gasteiger partial charge < -0.3 is 14.4 Å². The summed E-state index contributed by atoms with van der Waals surface area (Å²) < 4.78 is 10.0. The fourth-order valence-corrected chi connectivity index (χ4v) is 1.94. The number of amides is 1. The van der Waals surface area contributed by atoms with Gasteiger partial charge in [0.15, 0.2) is 0 Å². The van der Waals surface area contributed by atoms with Gasteiger partial charge in [0.05, 0.1) is 25.9 Å². The summed E-state index contributed by atoms with van der Waals surface area (Å²) in [5, 5.41) is 0. The highest BCUT2D eigenvalue weighted by Gasteiger charge is 2.35. The van der Waals surface area contributed by atoms with Crippen LogP contribution >= 0.6 is 0 Å². The summed E-state index contributed by atoms with van der Waals surface area (Å²) >= 11 is 0. The van der Waals surface area contributed by atoms with E-state index in [1.54, 1.807) is 11.9 Å². The summed E-state index contributed by atoms with van der Waals surface area (Å²) in [4.78, 5) is 21.7. The highest BCUT2D eigenvalue weighted by atomic mass is 16.5. The molecular weight excluding hydrogens is 234 g/mol.